The lowest BCUT2D eigenvalue weighted by atomic mass is 10.1. The highest BCUT2D eigenvalue weighted by atomic mass is 32.2. The normalized spacial score (nSPS) is 17.8. The zero-order valence-corrected chi connectivity index (χ0v) is 56.7. The highest BCUT2D eigenvalue weighted by Crippen LogP contribution is 2.16. The zero-order chi connectivity index (χ0) is 58.9. The van der Waals surface area contributed by atoms with E-state index < -0.39 is 0 Å². The SMILES string of the molecule is C1=CCCCC1.C1=CNCN1.C1CCCC1.C1CCCC1.C1CCCC1.C1CCNCC1.C1CNCCN1.C1CNCN1.C1COCCN1.C1CSCCN1.CC.CC.CC.CC.CC.CC.CC.CC.CC.CC. The molecule has 0 spiro atoms. The lowest BCUT2D eigenvalue weighted by Gasteiger charge is -2.11. The minimum atomic E-state index is 0.889. The van der Waals surface area contributed by atoms with Crippen LogP contribution in [0.25, 0.3) is 0 Å². The standard InChI is InChI=1S/C6H10.C5H11N.3C5H10.C4H10N2.C4H9NO.C4H9NS.C3H8N2.C3H6N2.10C2H6/c2*1-2-4-6-5-3-1;3*1-2-4-5-3-1;1-2-6-4-3-5-1;2*1-3-6-4-2-5-1;2*1-2-5-3-4-1;10*1-2/h1-2H,3-6H2;6H,1-5H2;3*1-5H2;5-6H,1-4H2;2*5H,1-4H2;4-5H,1-3H2;1-2,4-5H,3H2;10*1-2H3. The van der Waals surface area contributed by atoms with Gasteiger partial charge in [0.2, 0.25) is 0 Å². The van der Waals surface area contributed by atoms with Crippen molar-refractivity contribution < 1.29 is 4.74 Å². The van der Waals surface area contributed by atoms with E-state index in [1.165, 1.54) is 179 Å². The average molecular weight is 1100 g/mol. The molecule has 10 aliphatic rings. The Morgan fingerprint density at radius 3 is 0.613 bits per heavy atom. The van der Waals surface area contributed by atoms with E-state index in [0.717, 1.165) is 78.9 Å². The summed E-state index contributed by atoms with van der Waals surface area (Å²) in [4.78, 5) is 0. The van der Waals surface area contributed by atoms with Crippen molar-refractivity contribution in [3.63, 3.8) is 0 Å². The summed E-state index contributed by atoms with van der Waals surface area (Å²) in [7, 11) is 0. The lowest BCUT2D eigenvalue weighted by molar-refractivity contribution is 0.109. The summed E-state index contributed by atoms with van der Waals surface area (Å²) in [6, 6.07) is 0. The Morgan fingerprint density at radius 1 is 0.253 bits per heavy atom. The Kier molecular flexibility index (Phi) is 167. The molecular weight excluding hydrogens is 943 g/mol. The van der Waals surface area contributed by atoms with Crippen molar-refractivity contribution in [2.75, 3.05) is 117 Å². The van der Waals surface area contributed by atoms with E-state index in [2.05, 4.69) is 60.0 Å². The Labute approximate surface area is 483 Å². The van der Waals surface area contributed by atoms with Gasteiger partial charge in [-0.25, -0.2) is 0 Å². The second-order valence-corrected chi connectivity index (χ2v) is 16.4. The summed E-state index contributed by atoms with van der Waals surface area (Å²) in [5.41, 5.74) is 0. The van der Waals surface area contributed by atoms with Crippen LogP contribution in [0, 0.1) is 0 Å². The van der Waals surface area contributed by atoms with Gasteiger partial charge in [-0.1, -0.05) is 253 Å². The number of ether oxygens (including phenoxy) is 1. The van der Waals surface area contributed by atoms with E-state index in [1.807, 2.05) is 163 Å². The number of morpholine rings is 1. The first-order valence-corrected chi connectivity index (χ1v) is 34.5. The molecule has 75 heavy (non-hydrogen) atoms. The monoisotopic (exact) mass is 1100 g/mol. The number of rotatable bonds is 0. The smallest absolute Gasteiger partial charge is 0.0840 e. The third-order valence-corrected chi connectivity index (χ3v) is 11.0. The van der Waals surface area contributed by atoms with Crippen molar-refractivity contribution in [3.05, 3.63) is 24.6 Å². The molecule has 0 aromatic carbocycles. The molecule has 0 aromatic heterocycles. The van der Waals surface area contributed by atoms with Crippen molar-refractivity contribution in [2.45, 2.75) is 280 Å². The van der Waals surface area contributed by atoms with Gasteiger partial charge in [0.15, 0.2) is 0 Å². The number of piperazine rings is 1. The van der Waals surface area contributed by atoms with Gasteiger partial charge in [-0.2, -0.15) is 11.8 Å². The van der Waals surface area contributed by atoms with Crippen LogP contribution < -0.4 is 47.9 Å². The number of hydrogen-bond donors (Lipinski definition) is 9. The fourth-order valence-corrected chi connectivity index (χ4v) is 7.37. The molecule has 3 saturated carbocycles. The minimum Gasteiger partial charge on any atom is -0.379 e. The van der Waals surface area contributed by atoms with E-state index in [-0.39, 0.29) is 0 Å². The first-order valence-electron chi connectivity index (χ1n) is 33.4. The van der Waals surface area contributed by atoms with Crippen LogP contribution in [0.5, 0.6) is 0 Å². The molecule has 4 aliphatic carbocycles. The topological polar surface area (TPSA) is 118 Å². The largest absolute Gasteiger partial charge is 0.379 e. The van der Waals surface area contributed by atoms with E-state index in [4.69, 9.17) is 4.74 Å². The Morgan fingerprint density at radius 2 is 0.507 bits per heavy atom. The molecular formula is C64H153N9OS. The van der Waals surface area contributed by atoms with E-state index in [1.54, 1.807) is 0 Å². The third-order valence-electron chi connectivity index (χ3n) is 10.0. The van der Waals surface area contributed by atoms with E-state index >= 15 is 0 Å². The van der Waals surface area contributed by atoms with Crippen LogP contribution in [0.3, 0.4) is 0 Å². The van der Waals surface area contributed by atoms with Gasteiger partial charge in [-0.3, -0.25) is 0 Å². The van der Waals surface area contributed by atoms with Crippen LogP contribution in [0.1, 0.15) is 280 Å². The Balaban J connectivity index is -0.0000000755. The minimum absolute atomic E-state index is 0.889. The van der Waals surface area contributed by atoms with Crippen LogP contribution in [0.15, 0.2) is 24.6 Å². The first kappa shape index (κ1) is 96.4. The molecule has 9 N–H and O–H groups in total. The van der Waals surface area contributed by atoms with Gasteiger partial charge in [0, 0.05) is 96.0 Å². The maximum atomic E-state index is 5.01. The van der Waals surface area contributed by atoms with Crippen molar-refractivity contribution in [3.8, 4) is 0 Å². The highest BCUT2D eigenvalue weighted by Gasteiger charge is 1.98. The molecule has 0 unspecified atom stereocenters. The maximum Gasteiger partial charge on any atom is 0.0840 e. The van der Waals surface area contributed by atoms with Crippen LogP contribution in [0.2, 0.25) is 0 Å². The number of allylic oxidation sites excluding steroid dienone is 2. The van der Waals surface area contributed by atoms with Gasteiger partial charge in [0.25, 0.3) is 0 Å². The summed E-state index contributed by atoms with van der Waals surface area (Å²) >= 11 is 2.03. The van der Waals surface area contributed by atoms with Crippen molar-refractivity contribution in [2.24, 2.45) is 0 Å². The molecule has 466 valence electrons. The number of thioether (sulfide) groups is 1. The second kappa shape index (κ2) is 130. The molecule has 0 atom stereocenters. The summed E-state index contributed by atoms with van der Waals surface area (Å²) in [6.07, 6.45) is 40.5. The molecule has 10 nitrogen and oxygen atoms in total. The van der Waals surface area contributed by atoms with Crippen LogP contribution in [0.4, 0.5) is 0 Å². The van der Waals surface area contributed by atoms with E-state index in [0.29, 0.717) is 0 Å². The highest BCUT2D eigenvalue weighted by molar-refractivity contribution is 7.99. The summed E-state index contributed by atoms with van der Waals surface area (Å²) in [5, 5.41) is 28.2. The average Bonchev–Trinajstić information content (AvgIpc) is 4.43. The molecule has 0 aromatic rings. The molecule has 10 rings (SSSR count). The zero-order valence-electron chi connectivity index (χ0n) is 55.9. The number of nitrogens with one attached hydrogen (secondary N) is 9. The molecule has 0 radical (unpaired) electrons. The Bertz CT molecular complexity index is 560. The summed E-state index contributed by atoms with van der Waals surface area (Å²) in [5.74, 6) is 2.61. The predicted molar refractivity (Wildman–Crippen MR) is 358 cm³/mol. The summed E-state index contributed by atoms with van der Waals surface area (Å²) in [6.45, 7) is 57.5. The predicted octanol–water partition coefficient (Wildman–Crippen LogP) is 16.8. The van der Waals surface area contributed by atoms with Crippen LogP contribution in [-0.4, -0.2) is 117 Å². The fourth-order valence-electron chi connectivity index (χ4n) is 6.59. The summed E-state index contributed by atoms with van der Waals surface area (Å²) < 4.78 is 5.01. The van der Waals surface area contributed by atoms with Crippen molar-refractivity contribution >= 4 is 11.8 Å². The van der Waals surface area contributed by atoms with Crippen molar-refractivity contribution in [1.82, 2.24) is 47.9 Å². The quantitative estimate of drug-likeness (QED) is 0.108. The van der Waals surface area contributed by atoms with Gasteiger partial charge < -0.3 is 52.6 Å². The van der Waals surface area contributed by atoms with Gasteiger partial charge in [0.05, 0.1) is 19.9 Å². The molecule has 0 amide bonds. The van der Waals surface area contributed by atoms with Gasteiger partial charge in [-0.15, -0.1) is 0 Å². The maximum absolute atomic E-state index is 5.01. The van der Waals surface area contributed by atoms with E-state index in [9.17, 15) is 0 Å². The van der Waals surface area contributed by atoms with Crippen LogP contribution >= 0.6 is 11.8 Å². The molecule has 0 bridgehead atoms. The third kappa shape index (κ3) is 126. The second-order valence-electron chi connectivity index (χ2n) is 15.2. The molecule has 6 aliphatic heterocycles. The Hall–Kier alpha value is -0.890. The molecule has 6 heterocycles. The number of piperidine rings is 1. The first-order chi connectivity index (χ1) is 37.5. The lowest BCUT2D eigenvalue weighted by Crippen LogP contribution is -2.39. The van der Waals surface area contributed by atoms with Crippen LogP contribution in [-0.2, 0) is 4.74 Å². The van der Waals surface area contributed by atoms with Gasteiger partial charge >= 0.3 is 0 Å². The van der Waals surface area contributed by atoms with Crippen molar-refractivity contribution in [1.29, 1.82) is 0 Å². The molecule has 5 saturated heterocycles. The van der Waals surface area contributed by atoms with Gasteiger partial charge in [0.1, 0.15) is 0 Å². The molecule has 8 fully saturated rings. The van der Waals surface area contributed by atoms with Gasteiger partial charge in [-0.05, 0) is 51.6 Å². The molecule has 11 heteroatoms. The fraction of sp³-hybridized carbons (Fsp3) is 0.938. The number of hydrogen-bond acceptors (Lipinski definition) is 11.